The zero-order chi connectivity index (χ0) is 16.9. The van der Waals surface area contributed by atoms with Gasteiger partial charge in [-0.25, -0.2) is 0 Å². The lowest BCUT2D eigenvalue weighted by Gasteiger charge is -2.46. The van der Waals surface area contributed by atoms with E-state index in [1.54, 1.807) is 0 Å². The predicted octanol–water partition coefficient (Wildman–Crippen LogP) is 1.63. The summed E-state index contributed by atoms with van der Waals surface area (Å²) in [6.07, 6.45) is 1.98. The Hall–Kier alpha value is -1.14. The van der Waals surface area contributed by atoms with Crippen molar-refractivity contribution < 1.29 is 23.9 Å². The van der Waals surface area contributed by atoms with E-state index >= 15 is 0 Å². The minimum atomic E-state index is -0.620. The van der Waals surface area contributed by atoms with Crippen molar-refractivity contribution in [1.82, 2.24) is 0 Å². The zero-order valence-corrected chi connectivity index (χ0v) is 14.4. The number of aliphatic hydroxyl groups is 1. The lowest BCUT2D eigenvalue weighted by atomic mass is 9.95. The number of hydrogen-bond acceptors (Lipinski definition) is 4. The number of quaternary nitrogens is 1. The summed E-state index contributed by atoms with van der Waals surface area (Å²) in [5.74, 6) is -0.963. The first-order valence-electron chi connectivity index (χ1n) is 8.51. The summed E-state index contributed by atoms with van der Waals surface area (Å²) in [6.45, 7) is -0.244. The largest absolute Gasteiger partial charge is 0.461 e. The van der Waals surface area contributed by atoms with Crippen molar-refractivity contribution in [3.05, 3.63) is 35.9 Å². The standard InChI is InChI=1S/C18H23ClNO4/c1-20(10-19)14-7-12(8-15(20)17-16(14)24-17)23-18(22)13(9-21)11-5-3-2-4-6-11/h2-6,12-17,21H,7-10H2,1H3/q+1. The number of carbonyl (C=O) groups excluding carboxylic acids is 1. The molecule has 3 aliphatic rings. The molecule has 3 aliphatic heterocycles. The molecule has 6 heteroatoms. The Morgan fingerprint density at radius 2 is 1.96 bits per heavy atom. The van der Waals surface area contributed by atoms with Crippen LogP contribution in [0.1, 0.15) is 24.3 Å². The Morgan fingerprint density at radius 3 is 2.50 bits per heavy atom. The molecule has 24 heavy (non-hydrogen) atoms. The first kappa shape index (κ1) is 16.3. The number of benzene rings is 1. The third-order valence-electron chi connectivity index (χ3n) is 6.05. The van der Waals surface area contributed by atoms with Gasteiger partial charge in [0.05, 0.1) is 13.7 Å². The summed E-state index contributed by atoms with van der Waals surface area (Å²) in [7, 11) is 2.18. The Balaban J connectivity index is 1.44. The Kier molecular flexibility index (Phi) is 4.07. The van der Waals surface area contributed by atoms with Crippen LogP contribution < -0.4 is 0 Å². The van der Waals surface area contributed by atoms with Crippen molar-refractivity contribution in [2.75, 3.05) is 19.7 Å². The SMILES string of the molecule is C[N+]1(CCl)C2CC(OC(=O)C(CO)c3ccccc3)CC1C1OC12. The van der Waals surface area contributed by atoms with E-state index in [0.29, 0.717) is 18.1 Å². The molecule has 2 bridgehead atoms. The van der Waals surface area contributed by atoms with Gasteiger partial charge in [0.1, 0.15) is 36.3 Å². The van der Waals surface area contributed by atoms with Crippen LogP contribution in [0.5, 0.6) is 0 Å². The molecule has 130 valence electrons. The number of likely N-dealkylation sites (N-methyl/N-ethyl adjacent to an activating group) is 1. The van der Waals surface area contributed by atoms with Gasteiger partial charge in [-0.15, -0.1) is 0 Å². The van der Waals surface area contributed by atoms with Crippen LogP contribution in [0.3, 0.4) is 0 Å². The zero-order valence-electron chi connectivity index (χ0n) is 13.7. The van der Waals surface area contributed by atoms with Crippen molar-refractivity contribution in [3.63, 3.8) is 0 Å². The smallest absolute Gasteiger partial charge is 0.316 e. The van der Waals surface area contributed by atoms with Crippen LogP contribution in [0, 0.1) is 0 Å². The normalized spacial score (nSPS) is 40.7. The molecule has 3 saturated heterocycles. The average molecular weight is 353 g/mol. The number of piperidine rings is 1. The number of nitrogens with zero attached hydrogens (tertiary/aromatic N) is 1. The van der Waals surface area contributed by atoms with Crippen molar-refractivity contribution in [2.45, 2.75) is 49.2 Å². The molecule has 0 radical (unpaired) electrons. The quantitative estimate of drug-likeness (QED) is 0.288. The van der Waals surface area contributed by atoms with Gasteiger partial charge in [-0.3, -0.25) is 4.79 Å². The molecule has 3 heterocycles. The topological polar surface area (TPSA) is 59.1 Å². The molecular weight excluding hydrogens is 330 g/mol. The first-order valence-corrected chi connectivity index (χ1v) is 9.04. The maximum atomic E-state index is 12.6. The number of rotatable bonds is 5. The van der Waals surface area contributed by atoms with E-state index in [1.807, 2.05) is 30.3 Å². The summed E-state index contributed by atoms with van der Waals surface area (Å²) in [5.41, 5.74) is 0.788. The molecule has 1 N–H and O–H groups in total. The van der Waals surface area contributed by atoms with Gasteiger partial charge in [0.15, 0.2) is 6.00 Å². The van der Waals surface area contributed by atoms with Crippen molar-refractivity contribution in [2.24, 2.45) is 0 Å². The fourth-order valence-electron chi connectivity index (χ4n) is 4.58. The molecule has 0 spiro atoms. The van der Waals surface area contributed by atoms with E-state index in [2.05, 4.69) is 7.05 Å². The lowest BCUT2D eigenvalue weighted by Crippen LogP contribution is -2.61. The van der Waals surface area contributed by atoms with E-state index in [-0.39, 0.29) is 30.9 Å². The van der Waals surface area contributed by atoms with Gasteiger partial charge in [-0.2, -0.15) is 0 Å². The Bertz CT molecular complexity index is 607. The van der Waals surface area contributed by atoms with Gasteiger partial charge in [0.2, 0.25) is 0 Å². The predicted molar refractivity (Wildman–Crippen MR) is 88.5 cm³/mol. The number of hydrogen-bond donors (Lipinski definition) is 1. The van der Waals surface area contributed by atoms with Gasteiger partial charge in [-0.05, 0) is 5.56 Å². The second-order valence-corrected chi connectivity index (χ2v) is 7.58. The number of ether oxygens (including phenoxy) is 2. The van der Waals surface area contributed by atoms with E-state index < -0.39 is 5.92 Å². The number of halogens is 1. The van der Waals surface area contributed by atoms with E-state index in [0.717, 1.165) is 22.9 Å². The third kappa shape index (κ3) is 2.46. The summed E-state index contributed by atoms with van der Waals surface area (Å²) in [4.78, 5) is 12.6. The molecule has 0 amide bonds. The number of fused-ring (bicyclic) bond motifs is 5. The molecular formula is C18H23ClNO4+. The minimum Gasteiger partial charge on any atom is -0.461 e. The second-order valence-electron chi connectivity index (χ2n) is 7.34. The molecule has 5 atom stereocenters. The summed E-state index contributed by atoms with van der Waals surface area (Å²) in [6, 6.07) is 10.5. The number of morpholine rings is 1. The number of epoxide rings is 1. The molecule has 0 saturated carbocycles. The van der Waals surface area contributed by atoms with E-state index in [1.165, 1.54) is 0 Å². The van der Waals surface area contributed by atoms with Crippen LogP contribution in [0.15, 0.2) is 30.3 Å². The van der Waals surface area contributed by atoms with Crippen LogP contribution in [-0.4, -0.2) is 65.6 Å². The van der Waals surface area contributed by atoms with Gasteiger partial charge < -0.3 is 19.1 Å². The molecule has 1 aromatic carbocycles. The minimum absolute atomic E-state index is 0.115. The molecule has 0 aliphatic carbocycles. The van der Waals surface area contributed by atoms with E-state index in [4.69, 9.17) is 21.1 Å². The summed E-state index contributed by atoms with van der Waals surface area (Å²) in [5, 5.41) is 9.62. The monoisotopic (exact) mass is 352 g/mol. The van der Waals surface area contributed by atoms with Gasteiger partial charge in [-0.1, -0.05) is 41.9 Å². The molecule has 0 aromatic heterocycles. The van der Waals surface area contributed by atoms with Crippen molar-refractivity contribution >= 4 is 17.6 Å². The molecule has 4 rings (SSSR count). The van der Waals surface area contributed by atoms with Gasteiger partial charge in [0.25, 0.3) is 0 Å². The maximum Gasteiger partial charge on any atom is 0.316 e. The summed E-state index contributed by atoms with van der Waals surface area (Å²) < 4.78 is 12.3. The molecule has 5 nitrogen and oxygen atoms in total. The fourth-order valence-corrected chi connectivity index (χ4v) is 4.93. The fraction of sp³-hybridized carbons (Fsp3) is 0.611. The van der Waals surface area contributed by atoms with Crippen molar-refractivity contribution in [1.29, 1.82) is 0 Å². The Morgan fingerprint density at radius 1 is 1.33 bits per heavy atom. The highest BCUT2D eigenvalue weighted by molar-refractivity contribution is 6.17. The van der Waals surface area contributed by atoms with Crippen LogP contribution in [-0.2, 0) is 14.3 Å². The number of aliphatic hydroxyl groups excluding tert-OH is 1. The number of esters is 1. The highest BCUT2D eigenvalue weighted by atomic mass is 35.5. The molecule has 3 fully saturated rings. The third-order valence-corrected chi connectivity index (χ3v) is 6.57. The van der Waals surface area contributed by atoms with Crippen LogP contribution in [0.25, 0.3) is 0 Å². The lowest BCUT2D eigenvalue weighted by molar-refractivity contribution is -0.946. The van der Waals surface area contributed by atoms with Crippen LogP contribution in [0.4, 0.5) is 0 Å². The van der Waals surface area contributed by atoms with Crippen LogP contribution in [0.2, 0.25) is 0 Å². The first-order chi connectivity index (χ1) is 11.6. The number of carbonyl (C=O) groups is 1. The highest BCUT2D eigenvalue weighted by Gasteiger charge is 2.71. The molecule has 1 aromatic rings. The molecule has 5 unspecified atom stereocenters. The summed E-state index contributed by atoms with van der Waals surface area (Å²) >= 11 is 6.22. The van der Waals surface area contributed by atoms with Gasteiger partial charge in [0, 0.05) is 12.8 Å². The van der Waals surface area contributed by atoms with E-state index in [9.17, 15) is 9.90 Å². The second kappa shape index (κ2) is 5.99. The average Bonchev–Trinajstić information content (AvgIpc) is 3.35. The van der Waals surface area contributed by atoms with Crippen molar-refractivity contribution in [3.8, 4) is 0 Å². The Labute approximate surface area is 146 Å². The highest BCUT2D eigenvalue weighted by Crippen LogP contribution is 2.52. The number of alkyl halides is 1. The van der Waals surface area contributed by atoms with Gasteiger partial charge >= 0.3 is 5.97 Å². The maximum absolute atomic E-state index is 12.6. The van der Waals surface area contributed by atoms with Crippen LogP contribution >= 0.6 is 11.6 Å².